The molecule has 7 heteroatoms. The van der Waals surface area contributed by atoms with Crippen molar-refractivity contribution in [1.82, 2.24) is 4.31 Å². The summed E-state index contributed by atoms with van der Waals surface area (Å²) in [6.07, 6.45) is 1.64. The number of nitrogens with zero attached hydrogens (tertiary/aromatic N) is 1. The van der Waals surface area contributed by atoms with Crippen molar-refractivity contribution in [1.29, 1.82) is 0 Å². The lowest BCUT2D eigenvalue weighted by molar-refractivity contribution is 0.0693. The van der Waals surface area contributed by atoms with Gasteiger partial charge in [-0.2, -0.15) is 4.31 Å². The highest BCUT2D eigenvalue weighted by atomic mass is 32.2. The van der Waals surface area contributed by atoms with Gasteiger partial charge in [0, 0.05) is 13.1 Å². The van der Waals surface area contributed by atoms with Gasteiger partial charge in [0.15, 0.2) is 0 Å². The smallest absolute Gasteiger partial charge is 0.339 e. The molecule has 0 saturated heterocycles. The van der Waals surface area contributed by atoms with Gasteiger partial charge in [-0.25, -0.2) is 13.2 Å². The molecule has 0 heterocycles. The van der Waals surface area contributed by atoms with Crippen molar-refractivity contribution in [2.75, 3.05) is 7.05 Å². The third-order valence-corrected chi connectivity index (χ3v) is 5.29. The van der Waals surface area contributed by atoms with E-state index in [0.717, 1.165) is 25.0 Å². The van der Waals surface area contributed by atoms with E-state index in [2.05, 4.69) is 0 Å². The maximum atomic E-state index is 12.4. The van der Waals surface area contributed by atoms with Crippen molar-refractivity contribution in [2.45, 2.75) is 30.7 Å². The lowest BCUT2D eigenvalue weighted by Gasteiger charge is -2.18. The fourth-order valence-corrected chi connectivity index (χ4v) is 3.56. The van der Waals surface area contributed by atoms with Crippen molar-refractivity contribution in [3.8, 4) is 5.75 Å². The number of aromatic carboxylic acids is 1. The van der Waals surface area contributed by atoms with Gasteiger partial charge in [-0.15, -0.1) is 0 Å². The maximum Gasteiger partial charge on any atom is 0.339 e. The number of sulfonamides is 1. The lowest BCUT2D eigenvalue weighted by atomic mass is 10.1. The Morgan fingerprint density at radius 2 is 1.95 bits per heavy atom. The topological polar surface area (TPSA) is 94.9 Å². The van der Waals surface area contributed by atoms with Gasteiger partial charge < -0.3 is 10.2 Å². The largest absolute Gasteiger partial charge is 0.507 e. The van der Waals surface area contributed by atoms with E-state index in [0.29, 0.717) is 5.56 Å². The van der Waals surface area contributed by atoms with Gasteiger partial charge >= 0.3 is 5.97 Å². The van der Waals surface area contributed by atoms with E-state index in [1.165, 1.54) is 18.3 Å². The summed E-state index contributed by atoms with van der Waals surface area (Å²) in [5.74, 6) is -1.79. The van der Waals surface area contributed by atoms with E-state index in [-0.39, 0.29) is 10.9 Å². The molecule has 0 amide bonds. The molecule has 0 unspecified atom stereocenters. The molecule has 1 aromatic carbocycles. The number of carboxylic acids is 1. The first-order chi connectivity index (χ1) is 8.75. The minimum Gasteiger partial charge on any atom is -0.507 e. The summed E-state index contributed by atoms with van der Waals surface area (Å²) in [4.78, 5) is 10.9. The average molecular weight is 285 g/mol. The summed E-state index contributed by atoms with van der Waals surface area (Å²) in [5.41, 5.74) is -0.0802. The second-order valence-electron chi connectivity index (χ2n) is 4.69. The number of phenols is 1. The summed E-state index contributed by atoms with van der Waals surface area (Å²) in [6, 6.07) is 2.17. The van der Waals surface area contributed by atoms with E-state index >= 15 is 0 Å². The quantitative estimate of drug-likeness (QED) is 0.866. The molecule has 1 aromatic rings. The van der Waals surface area contributed by atoms with E-state index in [1.54, 1.807) is 0 Å². The predicted molar refractivity (Wildman–Crippen MR) is 67.8 cm³/mol. The van der Waals surface area contributed by atoms with Crippen molar-refractivity contribution < 1.29 is 23.4 Å². The van der Waals surface area contributed by atoms with Crippen LogP contribution in [0, 0.1) is 6.92 Å². The van der Waals surface area contributed by atoms with E-state index < -0.39 is 27.3 Å². The third-order valence-electron chi connectivity index (χ3n) is 3.24. The molecule has 2 rings (SSSR count). The van der Waals surface area contributed by atoms with Crippen molar-refractivity contribution in [3.63, 3.8) is 0 Å². The number of aryl methyl sites for hydroxylation is 1. The normalized spacial score (nSPS) is 15.7. The number of carboxylic acid groups (broad SMARTS) is 1. The molecule has 6 nitrogen and oxygen atoms in total. The first-order valence-electron chi connectivity index (χ1n) is 5.80. The third kappa shape index (κ3) is 2.43. The van der Waals surface area contributed by atoms with Crippen molar-refractivity contribution >= 4 is 16.0 Å². The Hall–Kier alpha value is -1.60. The van der Waals surface area contributed by atoms with Crippen LogP contribution >= 0.6 is 0 Å². The number of hydrogen-bond donors (Lipinski definition) is 2. The van der Waals surface area contributed by atoms with Gasteiger partial charge in [-0.3, -0.25) is 0 Å². The number of carbonyl (C=O) groups is 1. The minimum absolute atomic E-state index is 0.00789. The highest BCUT2D eigenvalue weighted by Gasteiger charge is 2.36. The second kappa shape index (κ2) is 4.50. The molecule has 0 spiro atoms. The molecule has 1 saturated carbocycles. The minimum atomic E-state index is -3.72. The van der Waals surface area contributed by atoms with Gasteiger partial charge in [0.1, 0.15) is 11.3 Å². The molecule has 0 aliphatic heterocycles. The Labute approximate surface area is 111 Å². The summed E-state index contributed by atoms with van der Waals surface area (Å²) in [6.45, 7) is 1.53. The highest BCUT2D eigenvalue weighted by molar-refractivity contribution is 7.89. The van der Waals surface area contributed by atoms with Crippen molar-refractivity contribution in [2.24, 2.45) is 0 Å². The molecule has 1 aliphatic carbocycles. The van der Waals surface area contributed by atoms with Crippen LogP contribution < -0.4 is 0 Å². The Balaban J connectivity index is 2.55. The summed E-state index contributed by atoms with van der Waals surface area (Å²) in [7, 11) is -2.23. The second-order valence-corrected chi connectivity index (χ2v) is 6.66. The monoisotopic (exact) mass is 285 g/mol. The number of benzene rings is 1. The van der Waals surface area contributed by atoms with Gasteiger partial charge in [-0.1, -0.05) is 0 Å². The van der Waals surface area contributed by atoms with Crippen LogP contribution in [0.4, 0.5) is 0 Å². The van der Waals surface area contributed by atoms with E-state index in [1.807, 2.05) is 0 Å². The number of hydrogen-bond acceptors (Lipinski definition) is 4. The Bertz CT molecular complexity index is 634. The molecular formula is C12H15NO5S. The zero-order valence-corrected chi connectivity index (χ0v) is 11.4. The number of aromatic hydroxyl groups is 1. The fraction of sp³-hybridized carbons (Fsp3) is 0.417. The standard InChI is InChI=1S/C12H15NO5S/c1-7-5-10(14)9(12(15)16)6-11(7)19(17,18)13(2)8-3-4-8/h5-6,8,14H,3-4H2,1-2H3,(H,15,16). The van der Waals surface area contributed by atoms with E-state index in [4.69, 9.17) is 5.11 Å². The molecule has 1 aliphatic rings. The molecule has 0 bridgehead atoms. The van der Waals surface area contributed by atoms with E-state index in [9.17, 15) is 18.3 Å². The maximum absolute atomic E-state index is 12.4. The van der Waals surface area contributed by atoms with Crippen molar-refractivity contribution in [3.05, 3.63) is 23.3 Å². The van der Waals surface area contributed by atoms with Gasteiger partial charge in [-0.05, 0) is 37.5 Å². The average Bonchev–Trinajstić information content (AvgIpc) is 3.10. The molecule has 1 fully saturated rings. The van der Waals surface area contributed by atoms with Crippen LogP contribution in [0.15, 0.2) is 17.0 Å². The molecule has 0 aromatic heterocycles. The zero-order chi connectivity index (χ0) is 14.4. The fourth-order valence-electron chi connectivity index (χ4n) is 1.91. The van der Waals surface area contributed by atoms with Crippen LogP contribution in [0.2, 0.25) is 0 Å². The Morgan fingerprint density at radius 3 is 2.42 bits per heavy atom. The summed E-state index contributed by atoms with van der Waals surface area (Å²) in [5, 5.41) is 18.5. The number of rotatable bonds is 4. The van der Waals surface area contributed by atoms with Crippen LogP contribution in [0.5, 0.6) is 5.75 Å². The van der Waals surface area contributed by atoms with Crippen LogP contribution in [0.25, 0.3) is 0 Å². The van der Waals surface area contributed by atoms with Crippen LogP contribution in [-0.2, 0) is 10.0 Å². The predicted octanol–water partition coefficient (Wildman–Crippen LogP) is 1.18. The highest BCUT2D eigenvalue weighted by Crippen LogP contribution is 2.33. The zero-order valence-electron chi connectivity index (χ0n) is 10.6. The molecule has 19 heavy (non-hydrogen) atoms. The Morgan fingerprint density at radius 1 is 1.37 bits per heavy atom. The Kier molecular flexibility index (Phi) is 3.27. The van der Waals surface area contributed by atoms with Crippen LogP contribution in [-0.4, -0.2) is 42.0 Å². The summed E-state index contributed by atoms with van der Waals surface area (Å²) >= 11 is 0. The van der Waals surface area contributed by atoms with Crippen LogP contribution in [0.3, 0.4) is 0 Å². The van der Waals surface area contributed by atoms with Gasteiger partial charge in [0.05, 0.1) is 4.90 Å². The molecular weight excluding hydrogens is 270 g/mol. The molecule has 104 valence electrons. The van der Waals surface area contributed by atoms with Crippen LogP contribution in [0.1, 0.15) is 28.8 Å². The first-order valence-corrected chi connectivity index (χ1v) is 7.24. The lowest BCUT2D eigenvalue weighted by Crippen LogP contribution is -2.29. The molecule has 0 radical (unpaired) electrons. The van der Waals surface area contributed by atoms with Gasteiger partial charge in [0.2, 0.25) is 10.0 Å². The van der Waals surface area contributed by atoms with Gasteiger partial charge in [0.25, 0.3) is 0 Å². The molecule has 2 N–H and O–H groups in total. The molecule has 0 atom stereocenters. The summed E-state index contributed by atoms with van der Waals surface area (Å²) < 4.78 is 26.0. The first kappa shape index (κ1) is 13.8. The SMILES string of the molecule is Cc1cc(O)c(C(=O)O)cc1S(=O)(=O)N(C)C1CC1.